The van der Waals surface area contributed by atoms with E-state index in [1.807, 2.05) is 61.7 Å². The number of rotatable bonds is 4. The molecule has 0 fully saturated rings. The van der Waals surface area contributed by atoms with Crippen LogP contribution in [-0.4, -0.2) is 15.6 Å². The molecule has 2 heterocycles. The number of nitrogen functional groups attached to an aromatic ring is 1. The Bertz CT molecular complexity index is 1200. The van der Waals surface area contributed by atoms with Gasteiger partial charge in [0.15, 0.2) is 0 Å². The summed E-state index contributed by atoms with van der Waals surface area (Å²) in [6.45, 7) is 2.57. The molecule has 0 unspecified atom stereocenters. The number of benzene rings is 2. The van der Waals surface area contributed by atoms with Crippen LogP contribution in [0.25, 0.3) is 10.9 Å². The molecular weight excluding hydrogens is 386 g/mol. The maximum Gasteiger partial charge on any atom is 0.323 e. The van der Waals surface area contributed by atoms with E-state index >= 15 is 0 Å². The molecule has 2 aromatic heterocycles. The summed E-state index contributed by atoms with van der Waals surface area (Å²) >= 11 is 6.13. The van der Waals surface area contributed by atoms with E-state index in [-0.39, 0.29) is 6.03 Å². The highest BCUT2D eigenvalue weighted by Gasteiger charge is 2.10. The smallest absolute Gasteiger partial charge is 0.323 e. The van der Waals surface area contributed by atoms with Crippen LogP contribution in [0.2, 0.25) is 5.02 Å². The summed E-state index contributed by atoms with van der Waals surface area (Å²) in [7, 11) is 0. The van der Waals surface area contributed by atoms with E-state index in [9.17, 15) is 4.79 Å². The number of pyridine rings is 1. The average Bonchev–Trinajstić information content (AvgIpc) is 3.09. The number of aryl methyl sites for hydroxylation is 1. The third-order valence-electron chi connectivity index (χ3n) is 4.69. The molecule has 0 bridgehead atoms. The molecule has 29 heavy (non-hydrogen) atoms. The molecule has 0 atom stereocenters. The van der Waals surface area contributed by atoms with Gasteiger partial charge in [-0.25, -0.2) is 9.78 Å². The van der Waals surface area contributed by atoms with Gasteiger partial charge in [0, 0.05) is 35.0 Å². The Morgan fingerprint density at radius 1 is 1.14 bits per heavy atom. The summed E-state index contributed by atoms with van der Waals surface area (Å²) in [4.78, 5) is 16.5. The number of amides is 2. The van der Waals surface area contributed by atoms with Crippen LogP contribution in [-0.2, 0) is 6.54 Å². The number of hydrogen-bond acceptors (Lipinski definition) is 3. The SMILES string of the molecule is Cc1ccc(NC(=O)Nc2cccc3c2ccn3Cc2ccnc(N)c2)cc1Cl. The van der Waals surface area contributed by atoms with Gasteiger partial charge in [0.25, 0.3) is 0 Å². The number of hydrogen-bond donors (Lipinski definition) is 3. The molecule has 2 aromatic carbocycles. The first-order valence-electron chi connectivity index (χ1n) is 9.12. The zero-order valence-electron chi connectivity index (χ0n) is 15.8. The highest BCUT2D eigenvalue weighted by molar-refractivity contribution is 6.31. The number of fused-ring (bicyclic) bond motifs is 1. The normalized spacial score (nSPS) is 10.8. The molecule has 2 amide bonds. The molecule has 0 aliphatic heterocycles. The number of urea groups is 1. The lowest BCUT2D eigenvalue weighted by atomic mass is 10.2. The molecule has 146 valence electrons. The zero-order valence-corrected chi connectivity index (χ0v) is 16.6. The van der Waals surface area contributed by atoms with E-state index in [0.717, 1.165) is 27.7 Å². The van der Waals surface area contributed by atoms with Gasteiger partial charge < -0.3 is 20.9 Å². The maximum absolute atomic E-state index is 12.5. The third-order valence-corrected chi connectivity index (χ3v) is 5.10. The molecule has 4 rings (SSSR count). The van der Waals surface area contributed by atoms with Gasteiger partial charge in [-0.15, -0.1) is 0 Å². The molecule has 0 radical (unpaired) electrons. The highest BCUT2D eigenvalue weighted by Crippen LogP contribution is 2.26. The van der Waals surface area contributed by atoms with Crippen molar-refractivity contribution in [3.05, 3.63) is 83.1 Å². The van der Waals surface area contributed by atoms with Crippen molar-refractivity contribution in [3.8, 4) is 0 Å². The minimum Gasteiger partial charge on any atom is -0.384 e. The third kappa shape index (κ3) is 4.17. The van der Waals surface area contributed by atoms with Gasteiger partial charge in [0.05, 0.1) is 11.2 Å². The summed E-state index contributed by atoms with van der Waals surface area (Å²) in [6, 6.07) is 16.7. The van der Waals surface area contributed by atoms with Crippen LogP contribution in [0.3, 0.4) is 0 Å². The second-order valence-electron chi connectivity index (χ2n) is 6.81. The van der Waals surface area contributed by atoms with E-state index in [2.05, 4.69) is 20.2 Å². The van der Waals surface area contributed by atoms with E-state index in [0.29, 0.717) is 23.1 Å². The lowest BCUT2D eigenvalue weighted by Crippen LogP contribution is -2.19. The number of nitrogens with two attached hydrogens (primary N) is 1. The molecule has 0 aliphatic rings. The molecule has 0 saturated carbocycles. The summed E-state index contributed by atoms with van der Waals surface area (Å²) < 4.78 is 2.10. The number of aromatic nitrogens is 2. The molecule has 0 saturated heterocycles. The minimum absolute atomic E-state index is 0.327. The van der Waals surface area contributed by atoms with Crippen molar-refractivity contribution < 1.29 is 4.79 Å². The second-order valence-corrected chi connectivity index (χ2v) is 7.22. The quantitative estimate of drug-likeness (QED) is 0.432. The minimum atomic E-state index is -0.327. The van der Waals surface area contributed by atoms with Crippen LogP contribution in [0, 0.1) is 6.92 Å². The number of anilines is 3. The van der Waals surface area contributed by atoms with E-state index in [1.165, 1.54) is 0 Å². The van der Waals surface area contributed by atoms with Crippen LogP contribution >= 0.6 is 11.6 Å². The van der Waals surface area contributed by atoms with Crippen molar-refractivity contribution >= 4 is 45.7 Å². The predicted octanol–water partition coefficient (Wildman–Crippen LogP) is 5.27. The van der Waals surface area contributed by atoms with E-state index in [1.54, 1.807) is 12.3 Å². The van der Waals surface area contributed by atoms with Gasteiger partial charge in [-0.3, -0.25) is 0 Å². The fourth-order valence-electron chi connectivity index (χ4n) is 3.22. The van der Waals surface area contributed by atoms with Crippen molar-refractivity contribution in [2.75, 3.05) is 16.4 Å². The predicted molar refractivity (Wildman–Crippen MR) is 119 cm³/mol. The Morgan fingerprint density at radius 3 is 2.79 bits per heavy atom. The summed E-state index contributed by atoms with van der Waals surface area (Å²) in [6.07, 6.45) is 3.69. The average molecular weight is 406 g/mol. The van der Waals surface area contributed by atoms with Gasteiger partial charge in [-0.2, -0.15) is 0 Å². The molecule has 7 heteroatoms. The van der Waals surface area contributed by atoms with Gasteiger partial charge in [-0.05, 0) is 60.5 Å². The first kappa shape index (κ1) is 18.8. The molecule has 6 nitrogen and oxygen atoms in total. The fraction of sp³-hybridized carbons (Fsp3) is 0.0909. The summed E-state index contributed by atoms with van der Waals surface area (Å²) in [5.74, 6) is 0.495. The monoisotopic (exact) mass is 405 g/mol. The van der Waals surface area contributed by atoms with Gasteiger partial charge >= 0.3 is 6.03 Å². The van der Waals surface area contributed by atoms with Crippen molar-refractivity contribution in [1.82, 2.24) is 9.55 Å². The number of carbonyl (C=O) groups excluding carboxylic acids is 1. The van der Waals surface area contributed by atoms with Crippen molar-refractivity contribution in [2.24, 2.45) is 0 Å². The summed E-state index contributed by atoms with van der Waals surface area (Å²) in [5, 5.41) is 7.29. The Balaban J connectivity index is 1.54. The van der Waals surface area contributed by atoms with Crippen LogP contribution in [0.15, 0.2) is 67.0 Å². The van der Waals surface area contributed by atoms with E-state index < -0.39 is 0 Å². The Hall–Kier alpha value is -3.51. The van der Waals surface area contributed by atoms with Crippen LogP contribution in [0.5, 0.6) is 0 Å². The second kappa shape index (κ2) is 7.85. The van der Waals surface area contributed by atoms with Crippen LogP contribution in [0.1, 0.15) is 11.1 Å². The number of halogens is 1. The molecule has 4 N–H and O–H groups in total. The fourth-order valence-corrected chi connectivity index (χ4v) is 3.40. The number of nitrogens with one attached hydrogen (secondary N) is 2. The first-order valence-corrected chi connectivity index (χ1v) is 9.50. The number of carbonyl (C=O) groups is 1. The lowest BCUT2D eigenvalue weighted by molar-refractivity contribution is 0.262. The van der Waals surface area contributed by atoms with Crippen molar-refractivity contribution in [1.29, 1.82) is 0 Å². The summed E-state index contributed by atoms with van der Waals surface area (Å²) in [5.41, 5.74) is 10.2. The van der Waals surface area contributed by atoms with Crippen molar-refractivity contribution in [3.63, 3.8) is 0 Å². The van der Waals surface area contributed by atoms with Crippen LogP contribution in [0.4, 0.5) is 22.0 Å². The Morgan fingerprint density at radius 2 is 2.00 bits per heavy atom. The van der Waals surface area contributed by atoms with Crippen LogP contribution < -0.4 is 16.4 Å². The van der Waals surface area contributed by atoms with Gasteiger partial charge in [0.2, 0.25) is 0 Å². The largest absolute Gasteiger partial charge is 0.384 e. The van der Waals surface area contributed by atoms with E-state index in [4.69, 9.17) is 17.3 Å². The number of nitrogens with zero attached hydrogens (tertiary/aromatic N) is 2. The van der Waals surface area contributed by atoms with Gasteiger partial charge in [-0.1, -0.05) is 23.7 Å². The van der Waals surface area contributed by atoms with Crippen molar-refractivity contribution in [2.45, 2.75) is 13.5 Å². The lowest BCUT2D eigenvalue weighted by Gasteiger charge is -2.11. The molecule has 4 aromatic rings. The van der Waals surface area contributed by atoms with Gasteiger partial charge in [0.1, 0.15) is 5.82 Å². The molecule has 0 aliphatic carbocycles. The highest BCUT2D eigenvalue weighted by atomic mass is 35.5. The Kier molecular flexibility index (Phi) is 5.10. The first-order chi connectivity index (χ1) is 14.0. The zero-order chi connectivity index (χ0) is 20.4. The standard InChI is InChI=1S/C22H20ClN5O/c1-14-5-6-16(12-18(14)23)26-22(29)27-19-3-2-4-20-17(19)8-10-28(20)13-15-7-9-25-21(24)11-15/h2-12H,13H2,1H3,(H2,24,25)(H2,26,27,29). The topological polar surface area (TPSA) is 85.0 Å². The molecular formula is C22H20ClN5O. The maximum atomic E-state index is 12.5. The Labute approximate surface area is 173 Å². The molecule has 0 spiro atoms.